The van der Waals surface area contributed by atoms with Gasteiger partial charge >= 0.3 is 0 Å². The van der Waals surface area contributed by atoms with E-state index in [4.69, 9.17) is 14.7 Å². The van der Waals surface area contributed by atoms with Crippen LogP contribution in [-0.4, -0.2) is 39.0 Å². The average molecular weight is 400 g/mol. The third-order valence-corrected chi connectivity index (χ3v) is 5.34. The van der Waals surface area contributed by atoms with Gasteiger partial charge in [-0.1, -0.05) is 36.4 Å². The molecule has 1 atom stereocenters. The van der Waals surface area contributed by atoms with Gasteiger partial charge in [-0.05, 0) is 43.5 Å². The second-order valence-corrected chi connectivity index (χ2v) is 7.48. The van der Waals surface area contributed by atoms with Gasteiger partial charge in [-0.2, -0.15) is 15.1 Å². The number of para-hydroxylation sites is 2. The molecule has 1 saturated heterocycles. The molecular formula is C23H24N6O. The van der Waals surface area contributed by atoms with Gasteiger partial charge in [0.05, 0.1) is 23.4 Å². The summed E-state index contributed by atoms with van der Waals surface area (Å²) >= 11 is 0. The third kappa shape index (κ3) is 3.71. The van der Waals surface area contributed by atoms with Crippen molar-refractivity contribution in [1.29, 1.82) is 0 Å². The fourth-order valence-corrected chi connectivity index (χ4v) is 3.69. The molecular weight excluding hydrogens is 376 g/mol. The van der Waals surface area contributed by atoms with Crippen LogP contribution in [0.4, 0.5) is 17.5 Å². The highest BCUT2D eigenvalue weighted by molar-refractivity contribution is 5.90. The second kappa shape index (κ2) is 8.12. The summed E-state index contributed by atoms with van der Waals surface area (Å²) in [4.78, 5) is 9.54. The molecule has 0 spiro atoms. The van der Waals surface area contributed by atoms with E-state index >= 15 is 0 Å². The van der Waals surface area contributed by atoms with E-state index in [1.165, 1.54) is 0 Å². The van der Waals surface area contributed by atoms with Crippen molar-refractivity contribution < 1.29 is 4.74 Å². The topological polar surface area (TPSA) is 76.9 Å². The predicted octanol–water partition coefficient (Wildman–Crippen LogP) is 4.46. The molecule has 1 unspecified atom stereocenters. The van der Waals surface area contributed by atoms with Gasteiger partial charge in [0.1, 0.15) is 5.82 Å². The highest BCUT2D eigenvalue weighted by Gasteiger charge is 2.18. The molecule has 7 nitrogen and oxygen atoms in total. The van der Waals surface area contributed by atoms with Gasteiger partial charge in [-0.25, -0.2) is 4.68 Å². The zero-order valence-corrected chi connectivity index (χ0v) is 16.9. The number of ether oxygens (including phenoxy) is 1. The van der Waals surface area contributed by atoms with Crippen molar-refractivity contribution in [3.05, 3.63) is 66.4 Å². The number of benzene rings is 2. The summed E-state index contributed by atoms with van der Waals surface area (Å²) in [7, 11) is 0. The lowest BCUT2D eigenvalue weighted by Gasteiger charge is -2.14. The molecule has 1 aliphatic rings. The number of hydrogen-bond donors (Lipinski definition) is 2. The van der Waals surface area contributed by atoms with Crippen LogP contribution in [0.15, 0.2) is 60.8 Å². The number of aromatic nitrogens is 4. The van der Waals surface area contributed by atoms with Crippen LogP contribution in [0.3, 0.4) is 0 Å². The minimum atomic E-state index is 0.205. The monoisotopic (exact) mass is 400 g/mol. The molecule has 1 aliphatic heterocycles. The molecule has 4 aromatic rings. The molecule has 7 heteroatoms. The van der Waals surface area contributed by atoms with Crippen molar-refractivity contribution in [3.63, 3.8) is 0 Å². The van der Waals surface area contributed by atoms with Gasteiger partial charge in [0.15, 0.2) is 5.65 Å². The fraction of sp³-hybridized carbons (Fsp3) is 0.261. The molecule has 0 saturated carbocycles. The Kier molecular flexibility index (Phi) is 5.03. The molecule has 2 aromatic carbocycles. The van der Waals surface area contributed by atoms with Crippen LogP contribution in [0, 0.1) is 6.92 Å². The van der Waals surface area contributed by atoms with Gasteiger partial charge < -0.3 is 15.4 Å². The van der Waals surface area contributed by atoms with E-state index in [1.807, 2.05) is 59.4 Å². The Hall–Kier alpha value is -3.45. The fourth-order valence-electron chi connectivity index (χ4n) is 3.69. The van der Waals surface area contributed by atoms with Gasteiger partial charge in [-0.15, -0.1) is 0 Å². The first-order valence-electron chi connectivity index (χ1n) is 10.3. The first-order chi connectivity index (χ1) is 14.8. The van der Waals surface area contributed by atoms with Crippen molar-refractivity contribution in [2.24, 2.45) is 0 Å². The Morgan fingerprint density at radius 3 is 2.70 bits per heavy atom. The Bertz CT molecular complexity index is 1150. The maximum atomic E-state index is 5.73. The molecule has 1 fully saturated rings. The first kappa shape index (κ1) is 18.6. The SMILES string of the molecule is Cc1ccccc1Nc1nc(NCC2CCCO2)nc2c1cnn2-c1ccccc1. The van der Waals surface area contributed by atoms with E-state index < -0.39 is 0 Å². The Morgan fingerprint density at radius 1 is 1.07 bits per heavy atom. The highest BCUT2D eigenvalue weighted by atomic mass is 16.5. The molecule has 0 bridgehead atoms. The van der Waals surface area contributed by atoms with E-state index in [-0.39, 0.29) is 6.10 Å². The zero-order chi connectivity index (χ0) is 20.3. The Morgan fingerprint density at radius 2 is 1.90 bits per heavy atom. The average Bonchev–Trinajstić information content (AvgIpc) is 3.44. The lowest BCUT2D eigenvalue weighted by atomic mass is 10.2. The lowest BCUT2D eigenvalue weighted by Crippen LogP contribution is -2.20. The summed E-state index contributed by atoms with van der Waals surface area (Å²) < 4.78 is 7.58. The van der Waals surface area contributed by atoms with E-state index in [1.54, 1.807) is 0 Å². The molecule has 3 heterocycles. The van der Waals surface area contributed by atoms with Crippen LogP contribution in [0.25, 0.3) is 16.7 Å². The zero-order valence-electron chi connectivity index (χ0n) is 16.9. The Labute approximate surface area is 175 Å². The van der Waals surface area contributed by atoms with Crippen LogP contribution in [0.1, 0.15) is 18.4 Å². The van der Waals surface area contributed by atoms with E-state index in [0.717, 1.165) is 53.2 Å². The molecule has 0 radical (unpaired) electrons. The van der Waals surface area contributed by atoms with Crippen LogP contribution in [0.5, 0.6) is 0 Å². The molecule has 5 rings (SSSR count). The van der Waals surface area contributed by atoms with Crippen LogP contribution >= 0.6 is 0 Å². The number of nitrogens with zero attached hydrogens (tertiary/aromatic N) is 4. The molecule has 30 heavy (non-hydrogen) atoms. The number of hydrogen-bond acceptors (Lipinski definition) is 6. The summed E-state index contributed by atoms with van der Waals surface area (Å²) in [5.41, 5.74) is 3.86. The van der Waals surface area contributed by atoms with Gasteiger partial charge in [0.2, 0.25) is 5.95 Å². The minimum absolute atomic E-state index is 0.205. The van der Waals surface area contributed by atoms with Crippen LogP contribution < -0.4 is 10.6 Å². The molecule has 0 aliphatic carbocycles. The standard InChI is InChI=1S/C23H24N6O/c1-16-8-5-6-12-20(16)26-21-19-15-25-29(17-9-3-2-4-10-17)22(19)28-23(27-21)24-14-18-11-7-13-30-18/h2-6,8-10,12,15,18H,7,11,13-14H2,1H3,(H2,24,26,27,28). The number of anilines is 3. The number of nitrogens with one attached hydrogen (secondary N) is 2. The largest absolute Gasteiger partial charge is 0.376 e. The second-order valence-electron chi connectivity index (χ2n) is 7.48. The maximum absolute atomic E-state index is 5.73. The van der Waals surface area contributed by atoms with Crippen molar-refractivity contribution in [2.45, 2.75) is 25.9 Å². The van der Waals surface area contributed by atoms with Gasteiger partial charge in [-0.3, -0.25) is 0 Å². The van der Waals surface area contributed by atoms with E-state index in [9.17, 15) is 0 Å². The third-order valence-electron chi connectivity index (χ3n) is 5.34. The summed E-state index contributed by atoms with van der Waals surface area (Å²) in [5.74, 6) is 1.29. The highest BCUT2D eigenvalue weighted by Crippen LogP contribution is 2.28. The van der Waals surface area contributed by atoms with Gasteiger partial charge in [0, 0.05) is 18.8 Å². The van der Waals surface area contributed by atoms with Crippen molar-refractivity contribution in [1.82, 2.24) is 19.7 Å². The minimum Gasteiger partial charge on any atom is -0.376 e. The number of fused-ring (bicyclic) bond motifs is 1. The smallest absolute Gasteiger partial charge is 0.226 e. The molecule has 152 valence electrons. The summed E-state index contributed by atoms with van der Waals surface area (Å²) in [5, 5.41) is 12.3. The molecule has 2 N–H and O–H groups in total. The van der Waals surface area contributed by atoms with Crippen LogP contribution in [0.2, 0.25) is 0 Å². The van der Waals surface area contributed by atoms with E-state index in [2.05, 4.69) is 28.7 Å². The van der Waals surface area contributed by atoms with Crippen LogP contribution in [-0.2, 0) is 4.74 Å². The molecule has 0 amide bonds. The normalized spacial score (nSPS) is 16.1. The van der Waals surface area contributed by atoms with E-state index in [0.29, 0.717) is 12.5 Å². The Balaban J connectivity index is 1.56. The van der Waals surface area contributed by atoms with Crippen molar-refractivity contribution in [3.8, 4) is 5.69 Å². The van der Waals surface area contributed by atoms with Crippen molar-refractivity contribution >= 4 is 28.5 Å². The molecule has 2 aromatic heterocycles. The summed E-state index contributed by atoms with van der Waals surface area (Å²) in [6, 6.07) is 18.2. The van der Waals surface area contributed by atoms with Crippen molar-refractivity contribution in [2.75, 3.05) is 23.8 Å². The maximum Gasteiger partial charge on any atom is 0.226 e. The lowest BCUT2D eigenvalue weighted by molar-refractivity contribution is 0.120. The van der Waals surface area contributed by atoms with Gasteiger partial charge in [0.25, 0.3) is 0 Å². The summed E-state index contributed by atoms with van der Waals surface area (Å²) in [6.45, 7) is 3.59. The number of rotatable bonds is 6. The first-order valence-corrected chi connectivity index (χ1v) is 10.3. The quantitative estimate of drug-likeness (QED) is 0.498. The number of aryl methyl sites for hydroxylation is 1. The predicted molar refractivity (Wildman–Crippen MR) is 119 cm³/mol. The summed E-state index contributed by atoms with van der Waals surface area (Å²) in [6.07, 6.45) is 4.18.